The van der Waals surface area contributed by atoms with Crippen LogP contribution in [0, 0.1) is 6.92 Å². The highest BCUT2D eigenvalue weighted by Crippen LogP contribution is 2.20. The maximum Gasteiger partial charge on any atom is 0.191 e. The lowest BCUT2D eigenvalue weighted by molar-refractivity contribution is 0.585. The zero-order chi connectivity index (χ0) is 19.1. The van der Waals surface area contributed by atoms with Gasteiger partial charge in [0, 0.05) is 32.5 Å². The highest BCUT2D eigenvalue weighted by Gasteiger charge is 2.08. The third-order valence-electron chi connectivity index (χ3n) is 4.89. The summed E-state index contributed by atoms with van der Waals surface area (Å²) in [4.78, 5) is 8.61. The smallest absolute Gasteiger partial charge is 0.191 e. The van der Waals surface area contributed by atoms with E-state index in [2.05, 4.69) is 74.6 Å². The quantitative estimate of drug-likeness (QED) is 0.378. The highest BCUT2D eigenvalue weighted by molar-refractivity contribution is 5.84. The molecule has 0 aliphatic rings. The van der Waals surface area contributed by atoms with E-state index in [0.717, 1.165) is 37.7 Å². The Morgan fingerprint density at radius 2 is 1.96 bits per heavy atom. The number of aryl methyl sites for hydroxylation is 2. The van der Waals surface area contributed by atoms with Gasteiger partial charge in [-0.1, -0.05) is 36.4 Å². The molecule has 3 aromatic rings. The van der Waals surface area contributed by atoms with Gasteiger partial charge in [-0.05, 0) is 49.1 Å². The Morgan fingerprint density at radius 1 is 1.15 bits per heavy atom. The number of unbranched alkanes of at least 4 members (excludes halogenated alkanes) is 1. The number of aliphatic imine (C=N–C) groups is 1. The normalized spacial score (nSPS) is 12.9. The van der Waals surface area contributed by atoms with E-state index < -0.39 is 0 Å². The summed E-state index contributed by atoms with van der Waals surface area (Å²) in [6.07, 6.45) is 6.09. The van der Waals surface area contributed by atoms with Crippen LogP contribution in [0.5, 0.6) is 0 Å². The second kappa shape index (κ2) is 9.21. The molecule has 1 unspecified atom stereocenters. The van der Waals surface area contributed by atoms with Crippen LogP contribution in [0.4, 0.5) is 0 Å². The number of guanidine groups is 1. The summed E-state index contributed by atoms with van der Waals surface area (Å²) in [5.41, 5.74) is 1.26. The summed E-state index contributed by atoms with van der Waals surface area (Å²) in [6.45, 7) is 6.11. The Balaban J connectivity index is 1.46. The van der Waals surface area contributed by atoms with Gasteiger partial charge in [0.25, 0.3) is 0 Å². The number of aromatic nitrogens is 2. The average Bonchev–Trinajstić information content (AvgIpc) is 3.11. The molecule has 142 valence electrons. The maximum absolute atomic E-state index is 4.36. The van der Waals surface area contributed by atoms with Crippen molar-refractivity contribution in [3.63, 3.8) is 0 Å². The van der Waals surface area contributed by atoms with Crippen molar-refractivity contribution in [2.75, 3.05) is 13.6 Å². The summed E-state index contributed by atoms with van der Waals surface area (Å²) in [6, 6.07) is 15.2. The number of hydrogen-bond acceptors (Lipinski definition) is 2. The number of fused-ring (bicyclic) bond motifs is 1. The van der Waals surface area contributed by atoms with Crippen molar-refractivity contribution in [3.05, 3.63) is 66.2 Å². The van der Waals surface area contributed by atoms with E-state index in [1.165, 1.54) is 16.3 Å². The van der Waals surface area contributed by atoms with Crippen LogP contribution < -0.4 is 10.6 Å². The molecule has 0 fully saturated rings. The fraction of sp³-hybridized carbons (Fsp3) is 0.364. The molecule has 0 radical (unpaired) electrons. The molecule has 0 spiro atoms. The number of rotatable bonds is 7. The third-order valence-corrected chi connectivity index (χ3v) is 4.89. The molecule has 5 nitrogen and oxygen atoms in total. The molecule has 1 aromatic heterocycles. The molecule has 3 rings (SSSR count). The molecule has 0 saturated heterocycles. The number of nitrogens with zero attached hydrogens (tertiary/aromatic N) is 3. The van der Waals surface area contributed by atoms with Crippen molar-refractivity contribution in [1.82, 2.24) is 20.2 Å². The minimum atomic E-state index is 0.189. The molecule has 0 amide bonds. The first kappa shape index (κ1) is 19.0. The maximum atomic E-state index is 4.36. The average molecular weight is 364 g/mol. The molecule has 0 aliphatic carbocycles. The van der Waals surface area contributed by atoms with E-state index in [9.17, 15) is 0 Å². The minimum Gasteiger partial charge on any atom is -0.356 e. The van der Waals surface area contributed by atoms with Crippen molar-refractivity contribution in [1.29, 1.82) is 0 Å². The van der Waals surface area contributed by atoms with Crippen LogP contribution in [0.15, 0.2) is 59.9 Å². The topological polar surface area (TPSA) is 54.2 Å². The standard InChI is InChI=1S/C22H29N5/c1-17(20-11-10-19-8-4-5-9-21(19)16-20)26-22(23-3)25-12-6-7-14-27-15-13-24-18(27)2/h4-5,8-11,13,15-17H,6-7,12,14H2,1-3H3,(H2,23,25,26). The zero-order valence-corrected chi connectivity index (χ0v) is 16.4. The van der Waals surface area contributed by atoms with E-state index in [0.29, 0.717) is 0 Å². The monoisotopic (exact) mass is 363 g/mol. The number of benzene rings is 2. The van der Waals surface area contributed by atoms with Crippen LogP contribution in [-0.4, -0.2) is 29.1 Å². The van der Waals surface area contributed by atoms with Gasteiger partial charge >= 0.3 is 0 Å². The molecule has 0 aliphatic heterocycles. The molecule has 1 atom stereocenters. The molecule has 5 heteroatoms. The fourth-order valence-electron chi connectivity index (χ4n) is 3.21. The fourth-order valence-corrected chi connectivity index (χ4v) is 3.21. The highest BCUT2D eigenvalue weighted by atomic mass is 15.2. The molecule has 0 saturated carbocycles. The van der Waals surface area contributed by atoms with Crippen molar-refractivity contribution < 1.29 is 0 Å². The Bertz CT molecular complexity index is 896. The lowest BCUT2D eigenvalue weighted by Crippen LogP contribution is -2.39. The van der Waals surface area contributed by atoms with Crippen molar-refractivity contribution in [2.24, 2.45) is 4.99 Å². The van der Waals surface area contributed by atoms with E-state index in [4.69, 9.17) is 0 Å². The second-order valence-electron chi connectivity index (χ2n) is 6.85. The predicted octanol–water partition coefficient (Wildman–Crippen LogP) is 4.05. The van der Waals surface area contributed by atoms with Crippen molar-refractivity contribution in [3.8, 4) is 0 Å². The van der Waals surface area contributed by atoms with Crippen LogP contribution in [0.2, 0.25) is 0 Å². The SMILES string of the molecule is CN=C(NCCCCn1ccnc1C)NC(C)c1ccc2ccccc2c1. The zero-order valence-electron chi connectivity index (χ0n) is 16.4. The molecule has 2 N–H and O–H groups in total. The summed E-state index contributed by atoms with van der Waals surface area (Å²) in [7, 11) is 1.82. The lowest BCUT2D eigenvalue weighted by Gasteiger charge is -2.19. The summed E-state index contributed by atoms with van der Waals surface area (Å²) in [5.74, 6) is 1.92. The molecule has 27 heavy (non-hydrogen) atoms. The van der Waals surface area contributed by atoms with Crippen LogP contribution in [0.25, 0.3) is 10.8 Å². The Hall–Kier alpha value is -2.82. The van der Waals surface area contributed by atoms with Gasteiger partial charge in [-0.25, -0.2) is 4.98 Å². The first-order valence-corrected chi connectivity index (χ1v) is 9.61. The van der Waals surface area contributed by atoms with Gasteiger partial charge in [0.05, 0.1) is 6.04 Å². The van der Waals surface area contributed by atoms with Gasteiger partial charge in [-0.3, -0.25) is 4.99 Å². The molecule has 2 aromatic carbocycles. The number of nitrogens with one attached hydrogen (secondary N) is 2. The Morgan fingerprint density at radius 3 is 2.70 bits per heavy atom. The van der Waals surface area contributed by atoms with Gasteiger partial charge in [0.15, 0.2) is 5.96 Å². The second-order valence-corrected chi connectivity index (χ2v) is 6.85. The van der Waals surface area contributed by atoms with Gasteiger partial charge in [-0.2, -0.15) is 0 Å². The summed E-state index contributed by atoms with van der Waals surface area (Å²) in [5, 5.41) is 9.43. The van der Waals surface area contributed by atoms with E-state index in [1.54, 1.807) is 0 Å². The van der Waals surface area contributed by atoms with Crippen LogP contribution in [-0.2, 0) is 6.54 Å². The van der Waals surface area contributed by atoms with Crippen molar-refractivity contribution >= 4 is 16.7 Å². The van der Waals surface area contributed by atoms with Gasteiger partial charge in [-0.15, -0.1) is 0 Å². The molecular formula is C22H29N5. The van der Waals surface area contributed by atoms with Gasteiger partial charge in [0.1, 0.15) is 5.82 Å². The molecular weight excluding hydrogens is 334 g/mol. The lowest BCUT2D eigenvalue weighted by atomic mass is 10.0. The van der Waals surface area contributed by atoms with Crippen LogP contribution in [0.3, 0.4) is 0 Å². The van der Waals surface area contributed by atoms with Crippen molar-refractivity contribution in [2.45, 2.75) is 39.3 Å². The number of imidazole rings is 1. The van der Waals surface area contributed by atoms with Gasteiger partial charge in [0.2, 0.25) is 0 Å². The minimum absolute atomic E-state index is 0.189. The summed E-state index contributed by atoms with van der Waals surface area (Å²) < 4.78 is 2.19. The van der Waals surface area contributed by atoms with E-state index in [1.807, 2.05) is 26.4 Å². The van der Waals surface area contributed by atoms with E-state index >= 15 is 0 Å². The number of hydrogen-bond donors (Lipinski definition) is 2. The van der Waals surface area contributed by atoms with Crippen LogP contribution in [0.1, 0.15) is 37.2 Å². The largest absolute Gasteiger partial charge is 0.356 e. The Labute approximate surface area is 161 Å². The molecule has 0 bridgehead atoms. The van der Waals surface area contributed by atoms with Gasteiger partial charge < -0.3 is 15.2 Å². The van der Waals surface area contributed by atoms with Crippen LogP contribution >= 0.6 is 0 Å². The molecule has 1 heterocycles. The first-order valence-electron chi connectivity index (χ1n) is 9.61. The summed E-state index contributed by atoms with van der Waals surface area (Å²) >= 11 is 0. The first-order chi connectivity index (χ1) is 13.2. The third kappa shape index (κ3) is 5.09. The predicted molar refractivity (Wildman–Crippen MR) is 113 cm³/mol. The Kier molecular flexibility index (Phi) is 6.47. The van der Waals surface area contributed by atoms with E-state index in [-0.39, 0.29) is 6.04 Å².